The molecule has 4 bridgehead atoms. The minimum Gasteiger partial charge on any atom is -0.471 e. The van der Waals surface area contributed by atoms with Crippen molar-refractivity contribution in [3.05, 3.63) is 24.4 Å². The van der Waals surface area contributed by atoms with E-state index in [2.05, 4.69) is 4.98 Å². The SMILES string of the molecule is O=C(N1CC(Oc2ccccn2)C1)C12CC3CC(CC(C3)C1)C2. The molecule has 1 aromatic rings. The van der Waals surface area contributed by atoms with Gasteiger partial charge in [0.2, 0.25) is 11.8 Å². The lowest BCUT2D eigenvalue weighted by atomic mass is 9.49. The third-order valence-electron chi connectivity index (χ3n) is 6.55. The lowest BCUT2D eigenvalue weighted by molar-refractivity contribution is -0.166. The van der Waals surface area contributed by atoms with Crippen molar-refractivity contribution in [1.82, 2.24) is 9.88 Å². The number of nitrogens with zero attached hydrogens (tertiary/aromatic N) is 2. The van der Waals surface area contributed by atoms with Gasteiger partial charge in [-0.25, -0.2) is 4.98 Å². The van der Waals surface area contributed by atoms with Crippen LogP contribution in [-0.4, -0.2) is 35.0 Å². The standard InChI is InChI=1S/C19H24N2O2/c22-18(19-8-13-5-14(9-19)7-15(6-13)10-19)21-11-16(12-21)23-17-3-1-2-4-20-17/h1-4,13-16H,5-12H2. The van der Waals surface area contributed by atoms with Gasteiger partial charge >= 0.3 is 0 Å². The molecule has 1 aliphatic heterocycles. The molecular weight excluding hydrogens is 288 g/mol. The van der Waals surface area contributed by atoms with E-state index in [1.807, 2.05) is 23.1 Å². The van der Waals surface area contributed by atoms with Crippen LogP contribution in [0.15, 0.2) is 24.4 Å². The van der Waals surface area contributed by atoms with Crippen LogP contribution >= 0.6 is 0 Å². The van der Waals surface area contributed by atoms with Gasteiger partial charge in [0.15, 0.2) is 0 Å². The molecule has 0 aromatic carbocycles. The minimum atomic E-state index is -0.00921. The van der Waals surface area contributed by atoms with Gasteiger partial charge in [-0.1, -0.05) is 6.07 Å². The summed E-state index contributed by atoms with van der Waals surface area (Å²) < 4.78 is 5.84. The van der Waals surface area contributed by atoms with E-state index >= 15 is 0 Å². The third kappa shape index (κ3) is 2.26. The van der Waals surface area contributed by atoms with E-state index in [1.54, 1.807) is 6.20 Å². The highest BCUT2D eigenvalue weighted by Crippen LogP contribution is 2.60. The summed E-state index contributed by atoms with van der Waals surface area (Å²) in [5.74, 6) is 3.57. The van der Waals surface area contributed by atoms with Crippen molar-refractivity contribution < 1.29 is 9.53 Å². The highest BCUT2D eigenvalue weighted by Gasteiger charge is 2.56. The first-order valence-corrected chi connectivity index (χ1v) is 9.07. The quantitative estimate of drug-likeness (QED) is 0.862. The maximum absolute atomic E-state index is 13.1. The number of pyridine rings is 1. The van der Waals surface area contributed by atoms with Gasteiger partial charge in [-0.3, -0.25) is 4.79 Å². The second-order valence-corrected chi connectivity index (χ2v) is 8.32. The van der Waals surface area contributed by atoms with Crippen LogP contribution in [0.3, 0.4) is 0 Å². The first-order valence-electron chi connectivity index (χ1n) is 9.07. The fourth-order valence-electron chi connectivity index (χ4n) is 5.97. The first-order chi connectivity index (χ1) is 11.2. The molecule has 5 aliphatic rings. The second kappa shape index (κ2) is 4.96. The van der Waals surface area contributed by atoms with Crippen LogP contribution < -0.4 is 4.74 Å². The molecule has 0 spiro atoms. The maximum atomic E-state index is 13.1. The van der Waals surface area contributed by atoms with Gasteiger partial charge in [0.25, 0.3) is 0 Å². The fourth-order valence-corrected chi connectivity index (χ4v) is 5.97. The van der Waals surface area contributed by atoms with Crippen LogP contribution in [-0.2, 0) is 4.79 Å². The fraction of sp³-hybridized carbons (Fsp3) is 0.684. The van der Waals surface area contributed by atoms with E-state index in [0.29, 0.717) is 11.8 Å². The van der Waals surface area contributed by atoms with Crippen LogP contribution in [0.4, 0.5) is 0 Å². The second-order valence-electron chi connectivity index (χ2n) is 8.32. The average Bonchev–Trinajstić information content (AvgIpc) is 2.49. The largest absolute Gasteiger partial charge is 0.471 e. The van der Waals surface area contributed by atoms with Crippen LogP contribution in [0.25, 0.3) is 0 Å². The predicted molar refractivity (Wildman–Crippen MR) is 85.8 cm³/mol. The number of ether oxygens (including phenoxy) is 1. The van der Waals surface area contributed by atoms with Gasteiger partial charge in [-0.15, -0.1) is 0 Å². The van der Waals surface area contributed by atoms with Crippen molar-refractivity contribution in [3.8, 4) is 5.88 Å². The number of amides is 1. The van der Waals surface area contributed by atoms with Crippen molar-refractivity contribution in [1.29, 1.82) is 0 Å². The first kappa shape index (κ1) is 13.8. The topological polar surface area (TPSA) is 42.4 Å². The zero-order valence-corrected chi connectivity index (χ0v) is 13.5. The number of hydrogen-bond donors (Lipinski definition) is 0. The molecule has 1 saturated heterocycles. The highest BCUT2D eigenvalue weighted by molar-refractivity contribution is 5.84. The van der Waals surface area contributed by atoms with Crippen LogP contribution in [0.5, 0.6) is 5.88 Å². The van der Waals surface area contributed by atoms with Crippen LogP contribution in [0.1, 0.15) is 38.5 Å². The Morgan fingerprint density at radius 1 is 1.09 bits per heavy atom. The van der Waals surface area contributed by atoms with Gasteiger partial charge in [-0.2, -0.15) is 0 Å². The van der Waals surface area contributed by atoms with Gasteiger partial charge in [0, 0.05) is 12.3 Å². The number of carbonyl (C=O) groups is 1. The summed E-state index contributed by atoms with van der Waals surface area (Å²) in [6.45, 7) is 1.47. The summed E-state index contributed by atoms with van der Waals surface area (Å²) >= 11 is 0. The zero-order chi connectivity index (χ0) is 15.4. The van der Waals surface area contributed by atoms with Crippen LogP contribution in [0, 0.1) is 23.2 Å². The predicted octanol–water partition coefficient (Wildman–Crippen LogP) is 2.89. The third-order valence-corrected chi connectivity index (χ3v) is 6.55. The van der Waals surface area contributed by atoms with Crippen molar-refractivity contribution in [3.63, 3.8) is 0 Å². The van der Waals surface area contributed by atoms with Crippen molar-refractivity contribution >= 4 is 5.91 Å². The number of carbonyl (C=O) groups excluding carboxylic acids is 1. The highest BCUT2D eigenvalue weighted by atomic mass is 16.5. The average molecular weight is 312 g/mol. The molecular formula is C19H24N2O2. The summed E-state index contributed by atoms with van der Waals surface area (Å²) in [6.07, 6.45) is 9.48. The van der Waals surface area contributed by atoms with E-state index < -0.39 is 0 Å². The summed E-state index contributed by atoms with van der Waals surface area (Å²) in [6, 6.07) is 5.69. The zero-order valence-electron chi connectivity index (χ0n) is 13.5. The molecule has 2 heterocycles. The number of aromatic nitrogens is 1. The van der Waals surface area contributed by atoms with Gasteiger partial charge in [0.05, 0.1) is 18.5 Å². The smallest absolute Gasteiger partial charge is 0.229 e. The van der Waals surface area contributed by atoms with Crippen LogP contribution in [0.2, 0.25) is 0 Å². The molecule has 122 valence electrons. The van der Waals surface area contributed by atoms with Gasteiger partial charge < -0.3 is 9.64 Å². The molecule has 6 rings (SSSR count). The summed E-state index contributed by atoms with van der Waals surface area (Å²) in [5, 5.41) is 0. The molecule has 1 aromatic heterocycles. The van der Waals surface area contributed by atoms with Gasteiger partial charge in [-0.05, 0) is 62.3 Å². The normalized spacial score (nSPS) is 38.4. The molecule has 1 amide bonds. The Morgan fingerprint density at radius 2 is 1.74 bits per heavy atom. The van der Waals surface area contributed by atoms with Gasteiger partial charge in [0.1, 0.15) is 6.10 Å². The Hall–Kier alpha value is -1.58. The molecule has 4 nitrogen and oxygen atoms in total. The van der Waals surface area contributed by atoms with Crippen molar-refractivity contribution in [2.75, 3.05) is 13.1 Å². The number of hydrogen-bond acceptors (Lipinski definition) is 3. The lowest BCUT2D eigenvalue weighted by Crippen LogP contribution is -2.62. The molecule has 0 atom stereocenters. The van der Waals surface area contributed by atoms with E-state index in [-0.39, 0.29) is 11.5 Å². The van der Waals surface area contributed by atoms with Crippen molar-refractivity contribution in [2.45, 2.75) is 44.6 Å². The Morgan fingerprint density at radius 3 is 2.30 bits per heavy atom. The lowest BCUT2D eigenvalue weighted by Gasteiger charge is -2.57. The van der Waals surface area contributed by atoms with Crippen molar-refractivity contribution in [2.24, 2.45) is 23.2 Å². The molecule has 4 saturated carbocycles. The van der Waals surface area contributed by atoms with E-state index in [1.165, 1.54) is 19.3 Å². The Balaban J connectivity index is 1.23. The summed E-state index contributed by atoms with van der Waals surface area (Å²) in [7, 11) is 0. The Kier molecular flexibility index (Phi) is 2.98. The molecule has 23 heavy (non-hydrogen) atoms. The number of rotatable bonds is 3. The molecule has 4 heteroatoms. The molecule has 0 radical (unpaired) electrons. The Bertz CT molecular complexity index is 574. The number of likely N-dealkylation sites (tertiary alicyclic amines) is 1. The molecule has 0 N–H and O–H groups in total. The van der Waals surface area contributed by atoms with E-state index in [9.17, 15) is 4.79 Å². The molecule has 5 fully saturated rings. The van der Waals surface area contributed by atoms with E-state index in [0.717, 1.165) is 50.1 Å². The molecule has 4 aliphatic carbocycles. The summed E-state index contributed by atoms with van der Waals surface area (Å²) in [4.78, 5) is 19.4. The minimum absolute atomic E-state index is 0.00921. The Labute approximate surface area is 137 Å². The molecule has 0 unspecified atom stereocenters. The van der Waals surface area contributed by atoms with E-state index in [4.69, 9.17) is 4.74 Å². The summed E-state index contributed by atoms with van der Waals surface area (Å²) in [5.41, 5.74) is -0.00921. The maximum Gasteiger partial charge on any atom is 0.229 e. The monoisotopic (exact) mass is 312 g/mol.